The lowest BCUT2D eigenvalue weighted by Gasteiger charge is -2.13. The predicted octanol–water partition coefficient (Wildman–Crippen LogP) is 3.42. The minimum absolute atomic E-state index is 0.525. The zero-order valence-corrected chi connectivity index (χ0v) is 14.2. The molecule has 0 saturated carbocycles. The van der Waals surface area contributed by atoms with Crippen LogP contribution in [0.1, 0.15) is 5.56 Å². The number of rotatable bonds is 3. The summed E-state index contributed by atoms with van der Waals surface area (Å²) in [7, 11) is 1.86. The Labute approximate surface area is 142 Å². The van der Waals surface area contributed by atoms with Crippen molar-refractivity contribution in [2.75, 3.05) is 12.0 Å². The minimum Gasteiger partial charge on any atom is -0.472 e. The van der Waals surface area contributed by atoms with Gasteiger partial charge in [0, 0.05) is 22.4 Å². The van der Waals surface area contributed by atoms with Crippen LogP contribution in [0.25, 0.3) is 6.08 Å². The van der Waals surface area contributed by atoms with Crippen molar-refractivity contribution in [1.82, 2.24) is 9.78 Å². The molecule has 5 nitrogen and oxygen atoms in total. The molecule has 1 aliphatic rings. The van der Waals surface area contributed by atoms with E-state index >= 15 is 0 Å². The van der Waals surface area contributed by atoms with Crippen LogP contribution in [0.15, 0.2) is 59.5 Å². The van der Waals surface area contributed by atoms with Crippen molar-refractivity contribution in [3.63, 3.8) is 0 Å². The molecule has 0 unspecified atom stereocenters. The van der Waals surface area contributed by atoms with Crippen LogP contribution in [0.3, 0.4) is 0 Å². The summed E-state index contributed by atoms with van der Waals surface area (Å²) in [6.07, 6.45) is 9.62. The Morgan fingerprint density at radius 3 is 3.14 bits per heavy atom. The van der Waals surface area contributed by atoms with Gasteiger partial charge in [-0.3, -0.25) is 10.1 Å². The van der Waals surface area contributed by atoms with E-state index in [0.29, 0.717) is 12.5 Å². The van der Waals surface area contributed by atoms with E-state index in [1.807, 2.05) is 31.5 Å². The summed E-state index contributed by atoms with van der Waals surface area (Å²) in [5.74, 6) is 0.574. The molecule has 0 atom stereocenters. The van der Waals surface area contributed by atoms with Gasteiger partial charge in [0.05, 0.1) is 11.9 Å². The number of ether oxygens (including phenoxy) is 1. The normalized spacial score (nSPS) is 17.7. The number of hydrazone groups is 1. The van der Waals surface area contributed by atoms with Crippen LogP contribution < -0.4 is 5.43 Å². The molecule has 0 fully saturated rings. The van der Waals surface area contributed by atoms with Crippen molar-refractivity contribution in [2.45, 2.75) is 0 Å². The fourth-order valence-electron chi connectivity index (χ4n) is 2.03. The van der Waals surface area contributed by atoms with Crippen LogP contribution in [0.2, 0.25) is 0 Å². The maximum Gasteiger partial charge on any atom is 0.238 e. The Bertz CT molecular complexity index is 761. The quantitative estimate of drug-likeness (QED) is 0.628. The van der Waals surface area contributed by atoms with Crippen LogP contribution in [-0.4, -0.2) is 22.3 Å². The summed E-state index contributed by atoms with van der Waals surface area (Å²) in [4.78, 5) is 0. The van der Waals surface area contributed by atoms with Crippen molar-refractivity contribution in [3.8, 4) is 0 Å². The first-order valence-corrected chi connectivity index (χ1v) is 7.88. The van der Waals surface area contributed by atoms with E-state index in [1.165, 1.54) is 3.57 Å². The van der Waals surface area contributed by atoms with Crippen molar-refractivity contribution in [1.29, 1.82) is 0 Å². The minimum atomic E-state index is 0.525. The number of hydrogen-bond donors (Lipinski definition) is 1. The van der Waals surface area contributed by atoms with Crippen molar-refractivity contribution < 1.29 is 4.74 Å². The Kier molecular flexibility index (Phi) is 4.57. The topological polar surface area (TPSA) is 51.4 Å². The summed E-state index contributed by atoms with van der Waals surface area (Å²) in [5.41, 5.74) is 5.84. The summed E-state index contributed by atoms with van der Waals surface area (Å²) in [6, 6.07) is 8.27. The second-order valence-electron chi connectivity index (χ2n) is 4.80. The molecule has 0 radical (unpaired) electrons. The molecule has 1 N–H and O–H groups in total. The zero-order valence-electron chi connectivity index (χ0n) is 12.0. The Morgan fingerprint density at radius 2 is 2.36 bits per heavy atom. The highest BCUT2D eigenvalue weighted by atomic mass is 127. The second-order valence-corrected chi connectivity index (χ2v) is 6.05. The molecule has 6 heteroatoms. The standard InChI is InChI=1S/C16H15IN4O/c1-21-11-15(10-18-21)19-20-16-13(5-3-7-22-16)8-12-4-2-6-14(17)9-12/h2-6,8-11,19H,7H2,1H3. The lowest BCUT2D eigenvalue weighted by molar-refractivity contribution is 0.346. The molecule has 0 spiro atoms. The fourth-order valence-corrected chi connectivity index (χ4v) is 2.60. The molecule has 1 aromatic carbocycles. The number of halogens is 1. The third kappa shape index (κ3) is 3.76. The molecule has 0 amide bonds. The molecule has 0 saturated heterocycles. The van der Waals surface area contributed by atoms with E-state index in [-0.39, 0.29) is 0 Å². The molecule has 2 heterocycles. The molecule has 0 bridgehead atoms. The first-order valence-electron chi connectivity index (χ1n) is 6.80. The Morgan fingerprint density at radius 1 is 1.45 bits per heavy atom. The predicted molar refractivity (Wildman–Crippen MR) is 96.5 cm³/mol. The number of aryl methyl sites for hydroxylation is 1. The smallest absolute Gasteiger partial charge is 0.238 e. The highest BCUT2D eigenvalue weighted by Gasteiger charge is 2.10. The van der Waals surface area contributed by atoms with E-state index in [2.05, 4.69) is 62.5 Å². The van der Waals surface area contributed by atoms with Gasteiger partial charge in [-0.1, -0.05) is 18.2 Å². The first-order chi connectivity index (χ1) is 10.7. The molecule has 0 aliphatic carbocycles. The second kappa shape index (κ2) is 6.78. The van der Waals surface area contributed by atoms with E-state index in [0.717, 1.165) is 16.8 Å². The summed E-state index contributed by atoms with van der Waals surface area (Å²) in [5, 5.41) is 8.43. The number of hydrogen-bond acceptors (Lipinski definition) is 4. The van der Waals surface area contributed by atoms with Gasteiger partial charge in [-0.2, -0.15) is 5.10 Å². The zero-order chi connectivity index (χ0) is 15.4. The molecule has 22 heavy (non-hydrogen) atoms. The van der Waals surface area contributed by atoms with Gasteiger partial charge in [-0.25, -0.2) is 0 Å². The molecule has 2 aromatic rings. The maximum atomic E-state index is 5.62. The fraction of sp³-hybridized carbons (Fsp3) is 0.125. The van der Waals surface area contributed by atoms with Crippen molar-refractivity contribution >= 4 is 40.3 Å². The van der Waals surface area contributed by atoms with E-state index in [9.17, 15) is 0 Å². The molecule has 1 aliphatic heterocycles. The molecular weight excluding hydrogens is 391 g/mol. The Balaban J connectivity index is 1.84. The lowest BCUT2D eigenvalue weighted by Crippen LogP contribution is -2.13. The molecule has 3 rings (SSSR count). The highest BCUT2D eigenvalue weighted by Crippen LogP contribution is 2.16. The molecule has 1 aromatic heterocycles. The first kappa shape index (κ1) is 14.8. The lowest BCUT2D eigenvalue weighted by atomic mass is 10.1. The van der Waals surface area contributed by atoms with Gasteiger partial charge >= 0.3 is 0 Å². The summed E-state index contributed by atoms with van der Waals surface area (Å²) >= 11 is 2.30. The summed E-state index contributed by atoms with van der Waals surface area (Å²) in [6.45, 7) is 0.525. The molecule has 112 valence electrons. The van der Waals surface area contributed by atoms with Crippen LogP contribution in [0, 0.1) is 3.57 Å². The average Bonchev–Trinajstić information content (AvgIpc) is 2.92. The van der Waals surface area contributed by atoms with Crippen molar-refractivity contribution in [2.24, 2.45) is 12.1 Å². The third-order valence-corrected chi connectivity index (χ3v) is 3.69. The maximum absolute atomic E-state index is 5.62. The van der Waals surface area contributed by atoms with Gasteiger partial charge in [-0.15, -0.1) is 5.10 Å². The largest absolute Gasteiger partial charge is 0.472 e. The van der Waals surface area contributed by atoms with Crippen LogP contribution in [0.5, 0.6) is 0 Å². The van der Waals surface area contributed by atoms with Crippen LogP contribution in [0.4, 0.5) is 5.69 Å². The number of aromatic nitrogens is 2. The SMILES string of the molecule is Cn1cc(NN=C2OCC=CC2=Cc2cccc(I)c2)cn1. The monoisotopic (exact) mass is 406 g/mol. The van der Waals surface area contributed by atoms with Crippen LogP contribution in [-0.2, 0) is 11.8 Å². The number of nitrogens with zero attached hydrogens (tertiary/aromatic N) is 3. The van der Waals surface area contributed by atoms with Gasteiger partial charge in [-0.05, 0) is 52.4 Å². The van der Waals surface area contributed by atoms with Gasteiger partial charge in [0.15, 0.2) is 0 Å². The van der Waals surface area contributed by atoms with Gasteiger partial charge < -0.3 is 4.74 Å². The van der Waals surface area contributed by atoms with E-state index < -0.39 is 0 Å². The Hall–Kier alpha value is -2.09. The third-order valence-electron chi connectivity index (χ3n) is 3.02. The van der Waals surface area contributed by atoms with Gasteiger partial charge in [0.2, 0.25) is 5.90 Å². The number of benzene rings is 1. The highest BCUT2D eigenvalue weighted by molar-refractivity contribution is 14.1. The summed E-state index contributed by atoms with van der Waals surface area (Å²) < 4.78 is 8.53. The van der Waals surface area contributed by atoms with E-state index in [1.54, 1.807) is 10.9 Å². The number of nitrogens with one attached hydrogen (secondary N) is 1. The molecular formula is C16H15IN4O. The number of anilines is 1. The van der Waals surface area contributed by atoms with Gasteiger partial charge in [0.1, 0.15) is 6.61 Å². The average molecular weight is 406 g/mol. The van der Waals surface area contributed by atoms with Gasteiger partial charge in [0.25, 0.3) is 0 Å². The van der Waals surface area contributed by atoms with E-state index in [4.69, 9.17) is 4.74 Å². The van der Waals surface area contributed by atoms with Crippen molar-refractivity contribution in [3.05, 3.63) is 63.5 Å². The van der Waals surface area contributed by atoms with Crippen LogP contribution >= 0.6 is 22.6 Å².